The summed E-state index contributed by atoms with van der Waals surface area (Å²) >= 11 is 0. The zero-order valence-corrected chi connectivity index (χ0v) is 13.8. The van der Waals surface area contributed by atoms with Crippen LogP contribution in [-0.4, -0.2) is 55.3 Å². The van der Waals surface area contributed by atoms with E-state index in [1.54, 1.807) is 12.1 Å². The minimum absolute atomic E-state index is 0.0637. The average Bonchev–Trinajstić information content (AvgIpc) is 3.02. The monoisotopic (exact) mass is 333 g/mol. The molecule has 2 saturated heterocycles. The third-order valence-electron chi connectivity index (χ3n) is 4.34. The number of carbonyl (C=O) groups is 2. The molecule has 0 aromatic heterocycles. The Balaban J connectivity index is 1.45. The van der Waals surface area contributed by atoms with E-state index in [9.17, 15) is 9.59 Å². The van der Waals surface area contributed by atoms with Crippen LogP contribution in [0.4, 0.5) is 11.4 Å². The Morgan fingerprint density at radius 2 is 1.67 bits per heavy atom. The third kappa shape index (κ3) is 4.04. The number of anilines is 2. The summed E-state index contributed by atoms with van der Waals surface area (Å²) in [5.74, 6) is -0.498. The van der Waals surface area contributed by atoms with Crippen LogP contribution in [0.5, 0.6) is 0 Å². The molecule has 7 heteroatoms. The van der Waals surface area contributed by atoms with E-state index < -0.39 is 5.79 Å². The zero-order valence-electron chi connectivity index (χ0n) is 13.8. The maximum Gasteiger partial charge on any atom is 0.241 e. The van der Waals surface area contributed by atoms with Crippen molar-refractivity contribution < 1.29 is 19.1 Å². The van der Waals surface area contributed by atoms with Crippen molar-refractivity contribution in [3.63, 3.8) is 0 Å². The number of nitrogens with one attached hydrogen (secondary N) is 2. The maximum absolute atomic E-state index is 12.3. The molecule has 2 N–H and O–H groups in total. The van der Waals surface area contributed by atoms with Gasteiger partial charge in [0.05, 0.1) is 19.8 Å². The molecule has 1 spiro atoms. The Bertz CT molecular complexity index is 586. The van der Waals surface area contributed by atoms with Crippen molar-refractivity contribution in [2.75, 3.05) is 43.5 Å². The molecule has 24 heavy (non-hydrogen) atoms. The number of rotatable bonds is 4. The summed E-state index contributed by atoms with van der Waals surface area (Å²) in [7, 11) is 0. The van der Waals surface area contributed by atoms with Crippen LogP contribution in [0.1, 0.15) is 19.8 Å². The second-order valence-corrected chi connectivity index (χ2v) is 6.10. The molecule has 2 heterocycles. The maximum atomic E-state index is 12.3. The van der Waals surface area contributed by atoms with Crippen LogP contribution in [0.25, 0.3) is 0 Å². The number of nitrogens with zero attached hydrogens (tertiary/aromatic N) is 1. The van der Waals surface area contributed by atoms with Crippen LogP contribution in [0.15, 0.2) is 24.3 Å². The topological polar surface area (TPSA) is 79.9 Å². The number of hydrogen-bond acceptors (Lipinski definition) is 5. The van der Waals surface area contributed by atoms with Crippen LogP contribution in [0.2, 0.25) is 0 Å². The first kappa shape index (κ1) is 16.7. The SMILES string of the molecule is CC(=O)Nc1ccc(NCC(=O)N2CCC3(CC2)OCCO3)cc1. The van der Waals surface area contributed by atoms with Crippen molar-refractivity contribution in [3.05, 3.63) is 24.3 Å². The summed E-state index contributed by atoms with van der Waals surface area (Å²) in [6.45, 7) is 4.31. The summed E-state index contributed by atoms with van der Waals surface area (Å²) in [6, 6.07) is 7.27. The lowest BCUT2D eigenvalue weighted by Crippen LogP contribution is -2.48. The Morgan fingerprint density at radius 1 is 1.08 bits per heavy atom. The summed E-state index contributed by atoms with van der Waals surface area (Å²) in [6.07, 6.45) is 1.45. The molecular weight excluding hydrogens is 310 g/mol. The molecule has 0 radical (unpaired) electrons. The fourth-order valence-electron chi connectivity index (χ4n) is 3.05. The van der Waals surface area contributed by atoms with Gasteiger partial charge in [0.2, 0.25) is 11.8 Å². The highest BCUT2D eigenvalue weighted by molar-refractivity contribution is 5.89. The van der Waals surface area contributed by atoms with Gasteiger partial charge in [0, 0.05) is 44.2 Å². The number of benzene rings is 1. The van der Waals surface area contributed by atoms with Crippen molar-refractivity contribution in [1.29, 1.82) is 0 Å². The fourth-order valence-corrected chi connectivity index (χ4v) is 3.05. The fraction of sp³-hybridized carbons (Fsp3) is 0.529. The molecule has 7 nitrogen and oxygen atoms in total. The Morgan fingerprint density at radius 3 is 2.25 bits per heavy atom. The molecule has 2 aliphatic heterocycles. The number of likely N-dealkylation sites (tertiary alicyclic amines) is 1. The van der Waals surface area contributed by atoms with Crippen molar-refractivity contribution in [1.82, 2.24) is 4.90 Å². The van der Waals surface area contributed by atoms with Gasteiger partial charge in [0.1, 0.15) is 0 Å². The summed E-state index contributed by atoms with van der Waals surface area (Å²) in [4.78, 5) is 25.1. The van der Waals surface area contributed by atoms with Gasteiger partial charge < -0.3 is 25.0 Å². The van der Waals surface area contributed by atoms with E-state index in [2.05, 4.69) is 10.6 Å². The Hall–Kier alpha value is -2.12. The standard InChI is InChI=1S/C17H23N3O4/c1-13(21)19-15-4-2-14(3-5-15)18-12-16(22)20-8-6-17(7-9-20)23-10-11-24-17/h2-5,18H,6-12H2,1H3,(H,19,21). The van der Waals surface area contributed by atoms with E-state index in [1.807, 2.05) is 17.0 Å². The van der Waals surface area contributed by atoms with Crippen molar-refractivity contribution >= 4 is 23.2 Å². The second kappa shape index (κ2) is 7.19. The zero-order chi connectivity index (χ0) is 17.0. The largest absolute Gasteiger partial charge is 0.376 e. The van der Waals surface area contributed by atoms with Gasteiger partial charge in [-0.2, -0.15) is 0 Å². The van der Waals surface area contributed by atoms with Gasteiger partial charge in [-0.05, 0) is 24.3 Å². The Labute approximate surface area is 141 Å². The predicted octanol–water partition coefficient (Wildman–Crippen LogP) is 1.42. The third-order valence-corrected chi connectivity index (χ3v) is 4.34. The highest BCUT2D eigenvalue weighted by atomic mass is 16.7. The van der Waals surface area contributed by atoms with Crippen LogP contribution in [0, 0.1) is 0 Å². The van der Waals surface area contributed by atoms with Crippen LogP contribution in [0.3, 0.4) is 0 Å². The smallest absolute Gasteiger partial charge is 0.241 e. The molecule has 0 saturated carbocycles. The second-order valence-electron chi connectivity index (χ2n) is 6.10. The molecule has 130 valence electrons. The van der Waals surface area contributed by atoms with Crippen molar-refractivity contribution in [2.45, 2.75) is 25.6 Å². The van der Waals surface area contributed by atoms with Crippen LogP contribution >= 0.6 is 0 Å². The Kier molecular flexibility index (Phi) is 5.01. The molecule has 0 atom stereocenters. The molecule has 2 fully saturated rings. The average molecular weight is 333 g/mol. The van der Waals surface area contributed by atoms with E-state index in [4.69, 9.17) is 9.47 Å². The molecule has 2 aliphatic rings. The van der Waals surface area contributed by atoms with E-state index in [0.29, 0.717) is 26.3 Å². The quantitative estimate of drug-likeness (QED) is 0.871. The number of amides is 2. The van der Waals surface area contributed by atoms with Crippen molar-refractivity contribution in [2.24, 2.45) is 0 Å². The first-order chi connectivity index (χ1) is 11.6. The first-order valence-corrected chi connectivity index (χ1v) is 8.24. The minimum Gasteiger partial charge on any atom is -0.376 e. The number of carbonyl (C=O) groups excluding carboxylic acids is 2. The van der Waals surface area contributed by atoms with E-state index >= 15 is 0 Å². The highest BCUT2D eigenvalue weighted by Gasteiger charge is 2.40. The summed E-state index contributed by atoms with van der Waals surface area (Å²) in [5.41, 5.74) is 1.57. The number of ether oxygens (including phenoxy) is 2. The van der Waals surface area contributed by atoms with Gasteiger partial charge in [-0.25, -0.2) is 0 Å². The molecule has 0 unspecified atom stereocenters. The number of hydrogen-bond donors (Lipinski definition) is 2. The van der Waals surface area contributed by atoms with Gasteiger partial charge in [0.25, 0.3) is 0 Å². The molecule has 1 aromatic rings. The van der Waals surface area contributed by atoms with Crippen molar-refractivity contribution in [3.8, 4) is 0 Å². The molecule has 0 bridgehead atoms. The molecule has 1 aromatic carbocycles. The highest BCUT2D eigenvalue weighted by Crippen LogP contribution is 2.31. The van der Waals surface area contributed by atoms with Crippen LogP contribution < -0.4 is 10.6 Å². The van der Waals surface area contributed by atoms with Gasteiger partial charge in [-0.1, -0.05) is 0 Å². The molecular formula is C17H23N3O4. The molecule has 2 amide bonds. The van der Waals surface area contributed by atoms with Gasteiger partial charge >= 0.3 is 0 Å². The molecule has 3 rings (SSSR count). The lowest BCUT2D eigenvalue weighted by Gasteiger charge is -2.37. The number of piperidine rings is 1. The van der Waals surface area contributed by atoms with E-state index in [0.717, 1.165) is 24.2 Å². The van der Waals surface area contributed by atoms with Gasteiger partial charge in [0.15, 0.2) is 5.79 Å². The predicted molar refractivity (Wildman–Crippen MR) is 89.7 cm³/mol. The normalized spacial score (nSPS) is 19.3. The minimum atomic E-state index is -0.455. The van der Waals surface area contributed by atoms with Gasteiger partial charge in [-0.3, -0.25) is 9.59 Å². The first-order valence-electron chi connectivity index (χ1n) is 8.24. The summed E-state index contributed by atoms with van der Waals surface area (Å²) < 4.78 is 11.3. The van der Waals surface area contributed by atoms with E-state index in [1.165, 1.54) is 6.92 Å². The van der Waals surface area contributed by atoms with Crippen LogP contribution in [-0.2, 0) is 19.1 Å². The lowest BCUT2D eigenvalue weighted by molar-refractivity contribution is -0.187. The lowest BCUT2D eigenvalue weighted by atomic mass is 10.0. The summed E-state index contributed by atoms with van der Waals surface area (Å²) in [5, 5.41) is 5.82. The molecule has 0 aliphatic carbocycles. The van der Waals surface area contributed by atoms with Gasteiger partial charge in [-0.15, -0.1) is 0 Å². The van der Waals surface area contributed by atoms with E-state index in [-0.39, 0.29) is 18.4 Å².